The van der Waals surface area contributed by atoms with Gasteiger partial charge in [-0.3, -0.25) is 9.59 Å². The van der Waals surface area contributed by atoms with Gasteiger partial charge in [0, 0.05) is 39.3 Å². The summed E-state index contributed by atoms with van der Waals surface area (Å²) < 4.78 is 13.9. The van der Waals surface area contributed by atoms with Gasteiger partial charge in [0.2, 0.25) is 11.8 Å². The molecule has 0 spiro atoms. The van der Waals surface area contributed by atoms with Crippen LogP contribution in [0.15, 0.2) is 48.5 Å². The van der Waals surface area contributed by atoms with E-state index in [0.29, 0.717) is 11.8 Å². The number of hydrogen-bond donors (Lipinski definition) is 6. The SMILES string of the molecule is COC(=O)N[C@H](C(=O)N1[C@@H]2C[C@@H]2C[C@H]1c1nc2ccc(CCc3ccc4c(ccc5[nH]c([C@@H]6C[C@H]7C[C@H]7N6C(=O)[C@@H](NC(=O)OC)C(C)C)nc54)c3)cc2[nH]1)C(C)C.COC(=O)N[C@H](C(=O)O)C(C)C.O.O.[HH].[Pd]. The number of fused-ring (bicyclic) bond motifs is 6. The van der Waals surface area contributed by atoms with Crippen LogP contribution in [0.25, 0.3) is 32.8 Å². The fraction of sp³-hybridized carbons (Fsp3) is 0.529. The molecular weight excluding hydrogens is 1040 g/mol. The predicted molar refractivity (Wildman–Crippen MR) is 269 cm³/mol. The number of aryl methyl sites for hydroxylation is 2. The summed E-state index contributed by atoms with van der Waals surface area (Å²) in [6, 6.07) is 14.9. The standard InChI is InChI=1S/C44H52N8O6.C7H13NO4.2H2O.Pd.H2/c1-21(2)36(49-43(55)57-5)41(53)51-32-17-26(32)19-34(51)39-45-29-13-10-24(16-31(29)47-39)8-7-23-9-12-28-25(15-23)11-14-30-38(28)48-40(46-30)35-20-27-18-33(27)52(35)42(54)37(22(3)4)50-44(56)58-6;1-4(2)5(6(9)10)8-7(11)12-3;;;;/h9-16,21-22,26-27,32-37H,7-8,17-20H2,1-6H3,(H,45,47)(H,46,48)(H,49,55)(H,50,56);4-5H,1-3H3,(H,8,11)(H,9,10);2*1H2;;1H/t26-,27-,32-,33-,34+,35+,36+,37+;5-;;;;/m10..../s1. The number of hydrogen-bond acceptors (Lipinski definition) is 11. The van der Waals surface area contributed by atoms with Crippen molar-refractivity contribution in [1.82, 2.24) is 45.7 Å². The Labute approximate surface area is 438 Å². The molecule has 5 amide bonds. The fourth-order valence-electron chi connectivity index (χ4n) is 10.3. The van der Waals surface area contributed by atoms with Crippen LogP contribution in [0.3, 0.4) is 0 Å². The molecule has 22 heteroatoms. The minimum Gasteiger partial charge on any atom is -0.480 e. The normalized spacial score (nSPS) is 21.3. The van der Waals surface area contributed by atoms with Gasteiger partial charge in [-0.2, -0.15) is 0 Å². The molecule has 2 saturated carbocycles. The second-order valence-electron chi connectivity index (χ2n) is 20.1. The second-order valence-corrected chi connectivity index (χ2v) is 20.1. The molecular formula is C51H71N9O12Pd. The predicted octanol–water partition coefficient (Wildman–Crippen LogP) is 5.51. The number of carbonyl (C=O) groups excluding carboxylic acids is 5. The van der Waals surface area contributed by atoms with Crippen molar-refractivity contribution in [3.63, 3.8) is 0 Å². The number of carboxylic acid groups (broad SMARTS) is 1. The number of nitrogens with zero attached hydrogens (tertiary/aromatic N) is 4. The summed E-state index contributed by atoms with van der Waals surface area (Å²) in [5, 5.41) is 18.5. The van der Waals surface area contributed by atoms with E-state index in [1.54, 1.807) is 13.8 Å². The number of likely N-dealkylation sites (tertiary alicyclic amines) is 2. The molecule has 5 aromatic rings. The molecule has 402 valence electrons. The number of aliphatic carboxylic acids is 1. The molecule has 9 rings (SSSR count). The van der Waals surface area contributed by atoms with Gasteiger partial charge in [0.15, 0.2) is 0 Å². The first kappa shape index (κ1) is 57.6. The van der Waals surface area contributed by atoms with Gasteiger partial charge in [0.1, 0.15) is 29.8 Å². The van der Waals surface area contributed by atoms with Gasteiger partial charge in [0.05, 0.1) is 55.5 Å². The Kier molecular flexibility index (Phi) is 18.7. The summed E-state index contributed by atoms with van der Waals surface area (Å²) in [5.74, 6) is 0.878. The van der Waals surface area contributed by atoms with Gasteiger partial charge >= 0.3 is 24.2 Å². The number of aromatic nitrogens is 4. The third-order valence-corrected chi connectivity index (χ3v) is 14.3. The number of amides is 5. The second kappa shape index (κ2) is 23.7. The molecule has 2 aliphatic heterocycles. The first-order valence-electron chi connectivity index (χ1n) is 24.2. The van der Waals surface area contributed by atoms with Crippen molar-refractivity contribution in [2.24, 2.45) is 29.6 Å². The fourth-order valence-corrected chi connectivity index (χ4v) is 10.3. The minimum atomic E-state index is -1.06. The zero-order chi connectivity index (χ0) is 50.3. The summed E-state index contributed by atoms with van der Waals surface area (Å²) in [6.45, 7) is 11.1. The Morgan fingerprint density at radius 3 is 1.56 bits per heavy atom. The Morgan fingerprint density at radius 1 is 0.630 bits per heavy atom. The van der Waals surface area contributed by atoms with Gasteiger partial charge < -0.3 is 66.0 Å². The number of aromatic amines is 2. The van der Waals surface area contributed by atoms with E-state index in [-0.39, 0.29) is 86.5 Å². The van der Waals surface area contributed by atoms with Crippen molar-refractivity contribution in [2.75, 3.05) is 21.3 Å². The maximum absolute atomic E-state index is 13.9. The van der Waals surface area contributed by atoms with E-state index in [1.807, 2.05) is 37.5 Å². The number of carbonyl (C=O) groups is 6. The molecule has 0 radical (unpaired) electrons. The number of imidazole rings is 2. The van der Waals surface area contributed by atoms with Crippen molar-refractivity contribution in [3.05, 3.63) is 71.3 Å². The molecule has 2 aromatic heterocycles. The minimum absolute atomic E-state index is 0. The van der Waals surface area contributed by atoms with Gasteiger partial charge in [-0.1, -0.05) is 71.9 Å². The number of ether oxygens (including phenoxy) is 3. The maximum atomic E-state index is 13.9. The van der Waals surface area contributed by atoms with E-state index in [1.165, 1.54) is 32.5 Å². The van der Waals surface area contributed by atoms with Crippen molar-refractivity contribution >= 4 is 68.9 Å². The average molecular weight is 1110 g/mol. The first-order valence-corrected chi connectivity index (χ1v) is 24.2. The van der Waals surface area contributed by atoms with Gasteiger partial charge in [-0.25, -0.2) is 29.1 Å². The van der Waals surface area contributed by atoms with Gasteiger partial charge in [-0.05, 0) is 103 Å². The number of methoxy groups -OCH3 is 3. The molecule has 4 heterocycles. The van der Waals surface area contributed by atoms with Crippen LogP contribution in [0.4, 0.5) is 14.4 Å². The number of rotatable bonds is 14. The molecule has 21 nitrogen and oxygen atoms in total. The van der Waals surface area contributed by atoms with Crippen LogP contribution >= 0.6 is 0 Å². The number of carboxylic acids is 1. The average Bonchev–Trinajstić information content (AvgIpc) is 3.99. The van der Waals surface area contributed by atoms with E-state index in [4.69, 9.17) is 24.5 Å². The molecule has 2 aliphatic carbocycles. The van der Waals surface area contributed by atoms with E-state index in [0.717, 1.165) is 83.0 Å². The van der Waals surface area contributed by atoms with E-state index >= 15 is 0 Å². The van der Waals surface area contributed by atoms with Crippen LogP contribution in [-0.4, -0.2) is 133 Å². The summed E-state index contributed by atoms with van der Waals surface area (Å²) in [6.07, 6.45) is 3.42. The monoisotopic (exact) mass is 1110 g/mol. The third kappa shape index (κ3) is 12.2. The largest absolute Gasteiger partial charge is 0.480 e. The number of H-pyrrole nitrogens is 2. The van der Waals surface area contributed by atoms with Crippen LogP contribution in [0.2, 0.25) is 0 Å². The Balaban J connectivity index is 0.000000663. The molecule has 10 N–H and O–H groups in total. The van der Waals surface area contributed by atoms with Crippen molar-refractivity contribution in [2.45, 2.75) is 122 Å². The van der Waals surface area contributed by atoms with Crippen LogP contribution in [0.5, 0.6) is 0 Å². The Morgan fingerprint density at radius 2 is 1.08 bits per heavy atom. The maximum Gasteiger partial charge on any atom is 0.407 e. The molecule has 3 aromatic carbocycles. The molecule has 4 aliphatic rings. The van der Waals surface area contributed by atoms with Crippen LogP contribution in [-0.2, 0) is 61.9 Å². The van der Waals surface area contributed by atoms with Crippen molar-refractivity contribution in [3.8, 4) is 0 Å². The van der Waals surface area contributed by atoms with Crippen molar-refractivity contribution in [1.29, 1.82) is 0 Å². The zero-order valence-corrected chi connectivity index (χ0v) is 44.1. The summed E-state index contributed by atoms with van der Waals surface area (Å²) >= 11 is 0. The summed E-state index contributed by atoms with van der Waals surface area (Å²) in [4.78, 5) is 94.1. The van der Waals surface area contributed by atoms with E-state index in [2.05, 4.69) is 79.2 Å². The molecule has 9 atom stereocenters. The third-order valence-electron chi connectivity index (χ3n) is 14.3. The van der Waals surface area contributed by atoms with Gasteiger partial charge in [0.25, 0.3) is 0 Å². The summed E-state index contributed by atoms with van der Waals surface area (Å²) in [5.41, 5.74) is 6.05. The molecule has 0 bridgehead atoms. The zero-order valence-electron chi connectivity index (χ0n) is 42.5. The van der Waals surface area contributed by atoms with Gasteiger partial charge in [-0.15, -0.1) is 0 Å². The quantitative estimate of drug-likeness (QED) is 0.0593. The Bertz CT molecular complexity index is 2820. The molecule has 73 heavy (non-hydrogen) atoms. The smallest absolute Gasteiger partial charge is 0.407 e. The molecule has 4 fully saturated rings. The first-order chi connectivity index (χ1) is 33.4. The Hall–Kier alpha value is -6.34. The molecule has 2 saturated heterocycles. The number of benzene rings is 3. The number of nitrogens with one attached hydrogen (secondary N) is 5. The van der Waals surface area contributed by atoms with E-state index < -0.39 is 42.4 Å². The van der Waals surface area contributed by atoms with Crippen LogP contribution in [0, 0.1) is 29.6 Å². The van der Waals surface area contributed by atoms with Crippen molar-refractivity contribution < 1.29 is 80.9 Å². The molecule has 0 unspecified atom stereocenters. The topological polar surface area (TPSA) is 313 Å². The van der Waals surface area contributed by atoms with Crippen LogP contribution < -0.4 is 16.0 Å². The number of piperidine rings is 2. The number of alkyl carbamates (subject to hydrolysis) is 3. The summed E-state index contributed by atoms with van der Waals surface area (Å²) in [7, 11) is 3.81. The van der Waals surface area contributed by atoms with Crippen LogP contribution in [0.1, 0.15) is 104 Å². The van der Waals surface area contributed by atoms with E-state index in [9.17, 15) is 28.8 Å².